The number of carbonyl (C=O) groups is 5. The van der Waals surface area contributed by atoms with E-state index < -0.39 is 86.9 Å². The Balaban J connectivity index is 1.28. The molecule has 15 nitrogen and oxygen atoms in total. The van der Waals surface area contributed by atoms with Crippen molar-refractivity contribution in [1.82, 2.24) is 35.4 Å². The van der Waals surface area contributed by atoms with Gasteiger partial charge in [0.2, 0.25) is 21.8 Å². The lowest BCUT2D eigenvalue weighted by molar-refractivity contribution is -0.141. The molecule has 292 valence electrons. The molecule has 0 bridgehead atoms. The van der Waals surface area contributed by atoms with Crippen molar-refractivity contribution in [3.63, 3.8) is 0 Å². The van der Waals surface area contributed by atoms with Crippen LogP contribution < -0.4 is 20.7 Å². The second-order valence-electron chi connectivity index (χ2n) is 15.5. The van der Waals surface area contributed by atoms with Crippen molar-refractivity contribution in [2.75, 3.05) is 6.54 Å². The molecule has 5 atom stereocenters. The number of nitrogens with zero attached hydrogens (tertiary/aromatic N) is 3. The fourth-order valence-corrected chi connectivity index (χ4v) is 8.47. The Bertz CT molecular complexity index is 1910. The van der Waals surface area contributed by atoms with Crippen molar-refractivity contribution < 1.29 is 41.5 Å². The highest BCUT2D eigenvalue weighted by atomic mass is 32.2. The third-order valence-electron chi connectivity index (χ3n) is 10.1. The normalized spacial score (nSPS) is 26.9. The summed E-state index contributed by atoms with van der Waals surface area (Å²) < 4.78 is 48.9. The van der Waals surface area contributed by atoms with E-state index >= 15 is 0 Å². The average Bonchev–Trinajstić information content (AvgIpc) is 4.00. The molecule has 0 radical (unpaired) electrons. The maximum atomic E-state index is 14.4. The Kier molecular flexibility index (Phi) is 11.2. The van der Waals surface area contributed by atoms with Crippen molar-refractivity contribution >= 4 is 39.7 Å². The highest BCUT2D eigenvalue weighted by molar-refractivity contribution is 7.91. The lowest BCUT2D eigenvalue weighted by Gasteiger charge is -2.30. The molecule has 3 heterocycles. The Morgan fingerprint density at radius 1 is 1.06 bits per heavy atom. The standard InChI is InChI=1S/C37H48FN7O8S/c1-36(2,3)53-35(50)41-28-15-11-6-4-5-8-12-23-19-37(23,34(49)43-54(51,52)26-16-17-26)42-32(47)29-18-24(22-44(29)33(28)48)40-31(46)27-21-39-45(30(27)20-38)25-13-9-7-10-14-25/h7-10,12-14,21,23-24,26,28-29H,4-6,11,15-20,22H2,1-3H3,(H,40,46)(H,41,50)(H,42,47)(H,43,49)/b12-8-/t23-,24-,28+,29+,37-/m1/s1. The van der Waals surface area contributed by atoms with Crippen molar-refractivity contribution in [2.24, 2.45) is 5.92 Å². The number of hydrogen-bond acceptors (Lipinski definition) is 9. The molecule has 1 aromatic carbocycles. The molecule has 4 aliphatic rings. The van der Waals surface area contributed by atoms with E-state index in [2.05, 4.69) is 25.8 Å². The van der Waals surface area contributed by atoms with Crippen LogP contribution in [0, 0.1) is 5.92 Å². The summed E-state index contributed by atoms with van der Waals surface area (Å²) in [5, 5.41) is 11.9. The molecule has 2 aliphatic heterocycles. The number of hydrogen-bond donors (Lipinski definition) is 4. The van der Waals surface area contributed by atoms with Gasteiger partial charge >= 0.3 is 6.09 Å². The predicted molar refractivity (Wildman–Crippen MR) is 194 cm³/mol. The van der Waals surface area contributed by atoms with Crippen LogP contribution in [0.25, 0.3) is 5.69 Å². The summed E-state index contributed by atoms with van der Waals surface area (Å²) in [6, 6.07) is 5.63. The minimum absolute atomic E-state index is 0.0175. The number of rotatable bonds is 8. The minimum atomic E-state index is -3.93. The summed E-state index contributed by atoms with van der Waals surface area (Å²) >= 11 is 0. The van der Waals surface area contributed by atoms with E-state index in [-0.39, 0.29) is 37.1 Å². The van der Waals surface area contributed by atoms with E-state index in [0.29, 0.717) is 37.8 Å². The Morgan fingerprint density at radius 3 is 2.48 bits per heavy atom. The summed E-state index contributed by atoms with van der Waals surface area (Å²) in [6.45, 7) is 3.93. The maximum absolute atomic E-state index is 14.4. The molecule has 5 amide bonds. The summed E-state index contributed by atoms with van der Waals surface area (Å²) in [4.78, 5) is 70.1. The van der Waals surface area contributed by atoms with E-state index in [1.54, 1.807) is 51.1 Å². The zero-order chi connectivity index (χ0) is 38.8. The molecule has 0 unspecified atom stereocenters. The van der Waals surface area contributed by atoms with Gasteiger partial charge in [0.1, 0.15) is 29.9 Å². The first-order valence-electron chi connectivity index (χ1n) is 18.5. The number of nitrogens with one attached hydrogen (secondary N) is 4. The van der Waals surface area contributed by atoms with E-state index in [4.69, 9.17) is 4.74 Å². The molecule has 2 saturated carbocycles. The van der Waals surface area contributed by atoms with Crippen LogP contribution in [0.2, 0.25) is 0 Å². The molecule has 0 spiro atoms. The van der Waals surface area contributed by atoms with Crippen molar-refractivity contribution in [3.8, 4) is 5.69 Å². The highest BCUT2D eigenvalue weighted by Gasteiger charge is 2.62. The van der Waals surface area contributed by atoms with Gasteiger partial charge in [-0.2, -0.15) is 5.10 Å². The van der Waals surface area contributed by atoms with Gasteiger partial charge in [-0.05, 0) is 77.8 Å². The van der Waals surface area contributed by atoms with Gasteiger partial charge in [0.25, 0.3) is 11.8 Å². The molecule has 6 rings (SSSR count). The quantitative estimate of drug-likeness (QED) is 0.292. The highest BCUT2D eigenvalue weighted by Crippen LogP contribution is 2.46. The topological polar surface area (TPSA) is 198 Å². The number of amides is 5. The Morgan fingerprint density at radius 2 is 1.80 bits per heavy atom. The van der Waals surface area contributed by atoms with Crippen LogP contribution in [-0.2, 0) is 35.8 Å². The Hall–Kier alpha value is -4.80. The van der Waals surface area contributed by atoms with Crippen LogP contribution in [0.4, 0.5) is 9.18 Å². The number of alkyl halides is 1. The van der Waals surface area contributed by atoms with E-state index in [9.17, 15) is 36.8 Å². The van der Waals surface area contributed by atoms with Crippen LogP contribution >= 0.6 is 0 Å². The summed E-state index contributed by atoms with van der Waals surface area (Å²) in [5.41, 5.74) is -1.87. The smallest absolute Gasteiger partial charge is 0.408 e. The first kappa shape index (κ1) is 38.9. The van der Waals surface area contributed by atoms with Crippen LogP contribution in [0.1, 0.15) is 94.6 Å². The minimum Gasteiger partial charge on any atom is -0.444 e. The summed E-state index contributed by atoms with van der Waals surface area (Å²) in [7, 11) is -3.93. The van der Waals surface area contributed by atoms with Crippen molar-refractivity contribution in [2.45, 2.75) is 120 Å². The first-order valence-corrected chi connectivity index (χ1v) is 20.0. The third-order valence-corrected chi connectivity index (χ3v) is 12.0. The molecule has 17 heteroatoms. The second kappa shape index (κ2) is 15.5. The van der Waals surface area contributed by atoms with E-state index in [1.807, 2.05) is 12.2 Å². The van der Waals surface area contributed by atoms with Crippen molar-refractivity contribution in [1.29, 1.82) is 0 Å². The summed E-state index contributed by atoms with van der Waals surface area (Å²) in [5.74, 6) is -3.30. The van der Waals surface area contributed by atoms with E-state index in [0.717, 1.165) is 6.42 Å². The lowest BCUT2D eigenvalue weighted by atomic mass is 10.0. The number of aromatic nitrogens is 2. The van der Waals surface area contributed by atoms with Crippen LogP contribution in [-0.4, -0.2) is 93.9 Å². The summed E-state index contributed by atoms with van der Waals surface area (Å²) in [6.07, 6.45) is 8.05. The van der Waals surface area contributed by atoms with Gasteiger partial charge in [-0.3, -0.25) is 23.9 Å². The molecule has 1 saturated heterocycles. The number of ether oxygens (including phenoxy) is 1. The number of halogens is 1. The van der Waals surface area contributed by atoms with Gasteiger partial charge in [0.15, 0.2) is 0 Å². The Labute approximate surface area is 313 Å². The molecule has 2 aromatic rings. The number of fused-ring (bicyclic) bond motifs is 2. The predicted octanol–water partition coefficient (Wildman–Crippen LogP) is 2.94. The monoisotopic (exact) mass is 769 g/mol. The fourth-order valence-electron chi connectivity index (χ4n) is 7.10. The van der Waals surface area contributed by atoms with Gasteiger partial charge in [-0.1, -0.05) is 43.2 Å². The molecule has 54 heavy (non-hydrogen) atoms. The number of carbonyl (C=O) groups excluding carboxylic acids is 5. The maximum Gasteiger partial charge on any atom is 0.408 e. The second-order valence-corrected chi connectivity index (χ2v) is 17.5. The number of sulfonamides is 1. The molecule has 2 aliphatic carbocycles. The van der Waals surface area contributed by atoms with Crippen LogP contribution in [0.15, 0.2) is 48.7 Å². The number of alkyl carbamates (subject to hydrolysis) is 1. The van der Waals surface area contributed by atoms with Gasteiger partial charge in [-0.25, -0.2) is 22.3 Å². The number of benzene rings is 1. The SMILES string of the molecule is CC(C)(C)OC(=O)N[C@H]1CCCCC/C=C\[C@@H]2C[C@@]2(C(=O)NS(=O)(=O)C2CC2)NC(=O)[C@@H]2C[C@@H](NC(=O)c3cnn(-c4ccccc4)c3CF)CN2C1=O. The molecule has 3 fully saturated rings. The van der Waals surface area contributed by atoms with Gasteiger partial charge < -0.3 is 25.6 Å². The van der Waals surface area contributed by atoms with Crippen molar-refractivity contribution in [3.05, 3.63) is 59.9 Å². The van der Waals surface area contributed by atoms with Crippen LogP contribution in [0.3, 0.4) is 0 Å². The molecule has 4 N–H and O–H groups in total. The van der Waals surface area contributed by atoms with Gasteiger partial charge in [-0.15, -0.1) is 0 Å². The van der Waals surface area contributed by atoms with Gasteiger partial charge in [0.05, 0.1) is 28.4 Å². The largest absolute Gasteiger partial charge is 0.444 e. The third kappa shape index (κ3) is 8.77. The number of allylic oxidation sites excluding steroid dienone is 1. The van der Waals surface area contributed by atoms with Gasteiger partial charge in [0, 0.05) is 18.5 Å². The molecular weight excluding hydrogens is 722 g/mol. The first-order chi connectivity index (χ1) is 25.6. The molecular formula is C37H48FN7O8S. The zero-order valence-corrected chi connectivity index (χ0v) is 31.5. The number of para-hydroxylation sites is 1. The van der Waals surface area contributed by atoms with Crippen LogP contribution in [0.5, 0.6) is 0 Å². The lowest BCUT2D eigenvalue weighted by Crippen LogP contribution is -2.58. The fraction of sp³-hybridized carbons (Fsp3) is 0.568. The zero-order valence-electron chi connectivity index (χ0n) is 30.7. The average molecular weight is 770 g/mol. The van der Waals surface area contributed by atoms with E-state index in [1.165, 1.54) is 15.8 Å². The molecule has 1 aromatic heterocycles.